The van der Waals surface area contributed by atoms with E-state index in [1.54, 1.807) is 0 Å². The van der Waals surface area contributed by atoms with Gasteiger partial charge in [-0.2, -0.15) is 0 Å². The molecule has 4 aliphatic rings. The third kappa shape index (κ3) is 5.39. The van der Waals surface area contributed by atoms with Crippen LogP contribution in [0.3, 0.4) is 0 Å². The zero-order valence-corrected chi connectivity index (χ0v) is 26.6. The molecule has 2 aromatic rings. The first-order valence-corrected chi connectivity index (χ1v) is 17.9. The highest BCUT2D eigenvalue weighted by Gasteiger charge is 2.28. The van der Waals surface area contributed by atoms with Crippen LogP contribution in [0.1, 0.15) is 27.7 Å². The van der Waals surface area contributed by atoms with Crippen LogP contribution in [-0.4, -0.2) is 0 Å². The lowest BCUT2D eigenvalue weighted by atomic mass is 10.1. The maximum absolute atomic E-state index is 2.46. The van der Waals surface area contributed by atoms with Gasteiger partial charge < -0.3 is 0 Å². The molecule has 0 saturated carbocycles. The highest BCUT2D eigenvalue weighted by Crippen LogP contribution is 2.59. The van der Waals surface area contributed by atoms with Crippen molar-refractivity contribution in [2.24, 2.45) is 0 Å². The van der Waals surface area contributed by atoms with Crippen molar-refractivity contribution in [1.29, 1.82) is 0 Å². The van der Waals surface area contributed by atoms with E-state index in [9.17, 15) is 0 Å². The van der Waals surface area contributed by atoms with Gasteiger partial charge in [-0.05, 0) is 83.7 Å². The number of thioether (sulfide) groups is 8. The zero-order chi connectivity index (χ0) is 24.8. The molecule has 6 rings (SSSR count). The lowest BCUT2D eigenvalue weighted by Crippen LogP contribution is -1.91. The average Bonchev–Trinajstić information content (AvgIpc) is 3.62. The Kier molecular flexibility index (Phi) is 7.96. The summed E-state index contributed by atoms with van der Waals surface area (Å²) >= 11 is 15.3. The lowest BCUT2D eigenvalue weighted by molar-refractivity contribution is 1.27. The van der Waals surface area contributed by atoms with Gasteiger partial charge in [-0.15, -0.1) is 0 Å². The number of hydrogen-bond acceptors (Lipinski definition) is 8. The summed E-state index contributed by atoms with van der Waals surface area (Å²) in [5.41, 5.74) is 2.71. The first-order chi connectivity index (χ1) is 17.4. The summed E-state index contributed by atoms with van der Waals surface area (Å²) in [6.07, 6.45) is 4.91. The molecule has 0 nitrogen and oxygen atoms in total. The Labute approximate surface area is 247 Å². The molecule has 0 aliphatic carbocycles. The first kappa shape index (κ1) is 25.9. The Morgan fingerprint density at radius 3 is 1.00 bits per heavy atom. The lowest BCUT2D eigenvalue weighted by Gasteiger charge is -2.14. The molecule has 0 radical (unpaired) electrons. The van der Waals surface area contributed by atoms with Gasteiger partial charge >= 0.3 is 0 Å². The number of rotatable bonds is 3. The van der Waals surface area contributed by atoms with Gasteiger partial charge in [0.1, 0.15) is 0 Å². The highest BCUT2D eigenvalue weighted by atomic mass is 32.2. The van der Waals surface area contributed by atoms with E-state index in [0.717, 1.165) is 0 Å². The number of benzene rings is 2. The standard InChI is InChI=1S/C28H22S8/c1-15-16(2)30-27(29-15)19(13-25-33-21-9-5-6-10-22(21)34-25)20(28-31-17(3)18(4)32-28)14-26-35-23-11-7-8-12-24(23)36-26/h5-14H,1-4H3. The summed E-state index contributed by atoms with van der Waals surface area (Å²) in [6.45, 7) is 9.00. The molecule has 0 saturated heterocycles. The summed E-state index contributed by atoms with van der Waals surface area (Å²) in [6, 6.07) is 17.5. The van der Waals surface area contributed by atoms with Crippen LogP contribution in [0.2, 0.25) is 0 Å². The Morgan fingerprint density at radius 1 is 0.444 bits per heavy atom. The summed E-state index contributed by atoms with van der Waals surface area (Å²) in [5.74, 6) is 0. The molecule has 0 unspecified atom stereocenters. The van der Waals surface area contributed by atoms with Crippen LogP contribution in [0, 0.1) is 0 Å². The number of allylic oxidation sites excluding steroid dienone is 8. The van der Waals surface area contributed by atoms with Crippen LogP contribution >= 0.6 is 94.1 Å². The predicted molar refractivity (Wildman–Crippen MR) is 174 cm³/mol. The molecule has 4 heterocycles. The van der Waals surface area contributed by atoms with Crippen molar-refractivity contribution in [3.8, 4) is 0 Å². The average molecular weight is 615 g/mol. The van der Waals surface area contributed by atoms with E-state index in [1.165, 1.54) is 67.3 Å². The Bertz CT molecular complexity index is 1270. The van der Waals surface area contributed by atoms with Crippen molar-refractivity contribution in [2.45, 2.75) is 47.3 Å². The van der Waals surface area contributed by atoms with Gasteiger partial charge in [0.2, 0.25) is 0 Å². The van der Waals surface area contributed by atoms with E-state index >= 15 is 0 Å². The van der Waals surface area contributed by atoms with Crippen LogP contribution < -0.4 is 0 Å². The van der Waals surface area contributed by atoms with Gasteiger partial charge in [-0.1, -0.05) is 118 Å². The molecule has 0 fully saturated rings. The second kappa shape index (κ2) is 11.0. The molecule has 0 bridgehead atoms. The fourth-order valence-electron chi connectivity index (χ4n) is 3.66. The van der Waals surface area contributed by atoms with Gasteiger partial charge in [-0.25, -0.2) is 0 Å². The summed E-state index contributed by atoms with van der Waals surface area (Å²) < 4.78 is 5.48. The fourth-order valence-corrected chi connectivity index (χ4v) is 13.5. The maximum Gasteiger partial charge on any atom is 0.0572 e. The smallest absolute Gasteiger partial charge is 0.0572 e. The van der Waals surface area contributed by atoms with Crippen molar-refractivity contribution in [3.05, 3.63) is 108 Å². The number of hydrogen-bond donors (Lipinski definition) is 0. The Balaban J connectivity index is 1.46. The van der Waals surface area contributed by atoms with Crippen molar-refractivity contribution >= 4 is 94.1 Å². The van der Waals surface area contributed by atoms with Crippen LogP contribution in [0.25, 0.3) is 0 Å². The van der Waals surface area contributed by atoms with E-state index in [2.05, 4.69) is 88.4 Å². The fraction of sp³-hybridized carbons (Fsp3) is 0.143. The second-order valence-corrected chi connectivity index (χ2v) is 18.5. The van der Waals surface area contributed by atoms with E-state index in [0.29, 0.717) is 0 Å². The monoisotopic (exact) mass is 614 g/mol. The van der Waals surface area contributed by atoms with E-state index in [4.69, 9.17) is 0 Å². The largest absolute Gasteiger partial charge is 0.0860 e. The van der Waals surface area contributed by atoms with Crippen LogP contribution in [0.15, 0.2) is 128 Å². The summed E-state index contributed by atoms with van der Waals surface area (Å²) in [4.78, 5) is 11.1. The Hall–Kier alpha value is -0.320. The first-order valence-electron chi connectivity index (χ1n) is 11.3. The molecule has 0 atom stereocenters. The predicted octanol–water partition coefficient (Wildman–Crippen LogP) is 12.4. The quantitative estimate of drug-likeness (QED) is 0.330. The molecule has 4 aliphatic heterocycles. The van der Waals surface area contributed by atoms with E-state index < -0.39 is 0 Å². The zero-order valence-electron chi connectivity index (χ0n) is 20.0. The van der Waals surface area contributed by atoms with Crippen molar-refractivity contribution in [2.75, 3.05) is 0 Å². The molecular formula is C28H22S8. The molecule has 0 aromatic heterocycles. The van der Waals surface area contributed by atoms with Crippen molar-refractivity contribution in [3.63, 3.8) is 0 Å². The highest BCUT2D eigenvalue weighted by molar-refractivity contribution is 8.29. The minimum atomic E-state index is 1.35. The minimum absolute atomic E-state index is 1.35. The molecule has 8 heteroatoms. The van der Waals surface area contributed by atoms with E-state index in [-0.39, 0.29) is 0 Å². The van der Waals surface area contributed by atoms with Crippen LogP contribution in [0.4, 0.5) is 0 Å². The van der Waals surface area contributed by atoms with Gasteiger partial charge in [0.15, 0.2) is 0 Å². The summed E-state index contributed by atoms with van der Waals surface area (Å²) in [5, 5.41) is 0. The summed E-state index contributed by atoms with van der Waals surface area (Å²) in [7, 11) is 0. The van der Waals surface area contributed by atoms with Crippen LogP contribution in [0.5, 0.6) is 0 Å². The van der Waals surface area contributed by atoms with Gasteiger partial charge in [0.05, 0.1) is 16.9 Å². The second-order valence-electron chi connectivity index (χ2n) is 8.26. The third-order valence-electron chi connectivity index (χ3n) is 5.77. The SMILES string of the molecule is CC1=C(C)SC(=C(C=C2Sc3ccccc3S2)C(C=C2Sc3ccccc3S2)=C2SC(C)=C(C)S2)S1. The molecule has 36 heavy (non-hydrogen) atoms. The Morgan fingerprint density at radius 2 is 0.722 bits per heavy atom. The molecule has 182 valence electrons. The molecule has 0 spiro atoms. The molecule has 2 aromatic carbocycles. The molecular weight excluding hydrogens is 593 g/mol. The van der Waals surface area contributed by atoms with E-state index in [1.807, 2.05) is 94.1 Å². The van der Waals surface area contributed by atoms with Crippen molar-refractivity contribution in [1.82, 2.24) is 0 Å². The molecule has 0 amide bonds. The maximum atomic E-state index is 2.46. The third-order valence-corrected chi connectivity index (χ3v) is 15.9. The normalized spacial score (nSPS) is 18.9. The van der Waals surface area contributed by atoms with Crippen molar-refractivity contribution < 1.29 is 0 Å². The van der Waals surface area contributed by atoms with Gasteiger partial charge in [0, 0.05) is 30.7 Å². The van der Waals surface area contributed by atoms with Gasteiger partial charge in [-0.3, -0.25) is 0 Å². The van der Waals surface area contributed by atoms with Crippen LogP contribution in [-0.2, 0) is 0 Å². The number of fused-ring (bicyclic) bond motifs is 2. The van der Waals surface area contributed by atoms with Gasteiger partial charge in [0.25, 0.3) is 0 Å². The topological polar surface area (TPSA) is 0 Å². The minimum Gasteiger partial charge on any atom is -0.0860 e. The molecule has 0 N–H and O–H groups in total.